The molecule has 0 aromatic carbocycles. The summed E-state index contributed by atoms with van der Waals surface area (Å²) < 4.78 is 0. The lowest BCUT2D eigenvalue weighted by molar-refractivity contribution is 0.127. The first kappa shape index (κ1) is 7.56. The summed E-state index contributed by atoms with van der Waals surface area (Å²) in [5.41, 5.74) is 0. The van der Waals surface area contributed by atoms with Gasteiger partial charge in [-0.2, -0.15) is 0 Å². The third kappa shape index (κ3) is 1.74. The Hall–Kier alpha value is -0.0800. The van der Waals surface area contributed by atoms with Crippen LogP contribution in [0.4, 0.5) is 0 Å². The third-order valence-corrected chi connectivity index (χ3v) is 2.97. The average Bonchev–Trinajstić information content (AvgIpc) is 2.87. The number of rotatable bonds is 2. The van der Waals surface area contributed by atoms with Crippen LogP contribution in [0, 0.1) is 5.92 Å². The van der Waals surface area contributed by atoms with Crippen LogP contribution in [-0.2, 0) is 0 Å². The lowest BCUT2D eigenvalue weighted by atomic mass is 9.98. The SMILES string of the molecule is OCC1CCN(C2CC2)CC1. The van der Waals surface area contributed by atoms with Gasteiger partial charge in [0.05, 0.1) is 0 Å². The molecule has 1 saturated carbocycles. The van der Waals surface area contributed by atoms with Crippen LogP contribution in [0.2, 0.25) is 0 Å². The van der Waals surface area contributed by atoms with E-state index in [0.717, 1.165) is 6.04 Å². The molecule has 0 aromatic rings. The lowest BCUT2D eigenvalue weighted by Crippen LogP contribution is -2.36. The number of hydrogen-bond donors (Lipinski definition) is 1. The number of likely N-dealkylation sites (tertiary alicyclic amines) is 1. The fourth-order valence-electron chi connectivity index (χ4n) is 1.94. The molecule has 0 amide bonds. The topological polar surface area (TPSA) is 23.5 Å². The molecule has 0 unspecified atom stereocenters. The first-order valence-electron chi connectivity index (χ1n) is 4.75. The minimum atomic E-state index is 0.401. The van der Waals surface area contributed by atoms with E-state index < -0.39 is 0 Å². The lowest BCUT2D eigenvalue weighted by Gasteiger charge is -2.30. The van der Waals surface area contributed by atoms with E-state index in [2.05, 4.69) is 4.90 Å². The molecule has 1 aliphatic heterocycles. The summed E-state index contributed by atoms with van der Waals surface area (Å²) in [5.74, 6) is 0.602. The Kier molecular flexibility index (Phi) is 2.14. The molecule has 2 rings (SSSR count). The molecular formula is C9H17NO. The molecule has 0 atom stereocenters. The number of hydrogen-bond acceptors (Lipinski definition) is 2. The number of aliphatic hydroxyl groups excluding tert-OH is 1. The molecule has 1 saturated heterocycles. The molecule has 0 bridgehead atoms. The molecule has 0 aromatic heterocycles. The fourth-order valence-corrected chi connectivity index (χ4v) is 1.94. The van der Waals surface area contributed by atoms with Crippen molar-refractivity contribution in [2.45, 2.75) is 31.7 Å². The van der Waals surface area contributed by atoms with Crippen molar-refractivity contribution in [3.63, 3.8) is 0 Å². The van der Waals surface area contributed by atoms with Crippen molar-refractivity contribution in [2.75, 3.05) is 19.7 Å². The number of nitrogens with zero attached hydrogens (tertiary/aromatic N) is 1. The maximum atomic E-state index is 8.91. The first-order valence-corrected chi connectivity index (χ1v) is 4.75. The average molecular weight is 155 g/mol. The third-order valence-electron chi connectivity index (χ3n) is 2.97. The van der Waals surface area contributed by atoms with Crippen molar-refractivity contribution in [3.05, 3.63) is 0 Å². The minimum Gasteiger partial charge on any atom is -0.396 e. The second-order valence-electron chi connectivity index (χ2n) is 3.89. The second-order valence-corrected chi connectivity index (χ2v) is 3.89. The molecule has 2 fully saturated rings. The van der Waals surface area contributed by atoms with Gasteiger partial charge >= 0.3 is 0 Å². The van der Waals surface area contributed by atoms with Crippen molar-refractivity contribution in [2.24, 2.45) is 5.92 Å². The molecule has 0 radical (unpaired) electrons. The van der Waals surface area contributed by atoms with Gasteiger partial charge in [-0.05, 0) is 44.7 Å². The van der Waals surface area contributed by atoms with Gasteiger partial charge in [0.2, 0.25) is 0 Å². The number of piperidine rings is 1. The zero-order valence-electron chi connectivity index (χ0n) is 7.00. The number of aliphatic hydroxyl groups is 1. The highest BCUT2D eigenvalue weighted by atomic mass is 16.3. The van der Waals surface area contributed by atoms with E-state index >= 15 is 0 Å². The quantitative estimate of drug-likeness (QED) is 0.639. The Bertz CT molecular complexity index is 126. The summed E-state index contributed by atoms with van der Waals surface area (Å²) in [6.07, 6.45) is 5.27. The summed E-state index contributed by atoms with van der Waals surface area (Å²) in [6.45, 7) is 2.87. The molecule has 64 valence electrons. The summed E-state index contributed by atoms with van der Waals surface area (Å²) in [4.78, 5) is 2.59. The summed E-state index contributed by atoms with van der Waals surface area (Å²) in [7, 11) is 0. The van der Waals surface area contributed by atoms with E-state index in [4.69, 9.17) is 5.11 Å². The Labute approximate surface area is 68.2 Å². The predicted octanol–water partition coefficient (Wildman–Crippen LogP) is 0.853. The van der Waals surface area contributed by atoms with Crippen LogP contribution in [0.5, 0.6) is 0 Å². The Morgan fingerprint density at radius 1 is 1.09 bits per heavy atom. The van der Waals surface area contributed by atoms with Gasteiger partial charge in [0.1, 0.15) is 0 Å². The normalized spacial score (nSPS) is 29.2. The van der Waals surface area contributed by atoms with Crippen molar-refractivity contribution in [3.8, 4) is 0 Å². The first-order chi connectivity index (χ1) is 5.40. The molecule has 1 N–H and O–H groups in total. The predicted molar refractivity (Wildman–Crippen MR) is 44.4 cm³/mol. The molecule has 2 heteroatoms. The summed E-state index contributed by atoms with van der Waals surface area (Å²) in [5, 5.41) is 8.91. The smallest absolute Gasteiger partial charge is 0.0460 e. The van der Waals surface area contributed by atoms with Gasteiger partial charge in [-0.1, -0.05) is 0 Å². The minimum absolute atomic E-state index is 0.401. The van der Waals surface area contributed by atoms with E-state index in [9.17, 15) is 0 Å². The Balaban J connectivity index is 1.75. The Morgan fingerprint density at radius 3 is 2.18 bits per heavy atom. The van der Waals surface area contributed by atoms with Crippen molar-refractivity contribution < 1.29 is 5.11 Å². The maximum absolute atomic E-state index is 8.91. The monoisotopic (exact) mass is 155 g/mol. The highest BCUT2D eigenvalue weighted by Gasteiger charge is 2.31. The van der Waals surface area contributed by atoms with E-state index in [0.29, 0.717) is 12.5 Å². The van der Waals surface area contributed by atoms with Gasteiger partial charge in [-0.25, -0.2) is 0 Å². The second kappa shape index (κ2) is 3.11. The van der Waals surface area contributed by atoms with Gasteiger partial charge in [-0.3, -0.25) is 0 Å². The fraction of sp³-hybridized carbons (Fsp3) is 1.00. The van der Waals surface area contributed by atoms with Crippen molar-refractivity contribution in [1.82, 2.24) is 4.90 Å². The van der Waals surface area contributed by atoms with Gasteiger partial charge in [0, 0.05) is 12.6 Å². The van der Waals surface area contributed by atoms with Crippen LogP contribution in [0.15, 0.2) is 0 Å². The molecule has 0 spiro atoms. The van der Waals surface area contributed by atoms with Crippen molar-refractivity contribution in [1.29, 1.82) is 0 Å². The standard InChI is InChI=1S/C9H17NO/c11-7-8-3-5-10(6-4-8)9-1-2-9/h8-9,11H,1-7H2. The molecular weight excluding hydrogens is 138 g/mol. The van der Waals surface area contributed by atoms with Crippen molar-refractivity contribution >= 4 is 0 Å². The van der Waals surface area contributed by atoms with Gasteiger partial charge in [0.25, 0.3) is 0 Å². The van der Waals surface area contributed by atoms with Gasteiger partial charge in [0.15, 0.2) is 0 Å². The van der Waals surface area contributed by atoms with E-state index in [1.165, 1.54) is 38.8 Å². The van der Waals surface area contributed by atoms with Crippen LogP contribution in [0.25, 0.3) is 0 Å². The zero-order chi connectivity index (χ0) is 7.68. The van der Waals surface area contributed by atoms with Crippen LogP contribution in [0.1, 0.15) is 25.7 Å². The highest BCUT2D eigenvalue weighted by Crippen LogP contribution is 2.30. The highest BCUT2D eigenvalue weighted by molar-refractivity contribution is 4.87. The van der Waals surface area contributed by atoms with Crippen LogP contribution in [-0.4, -0.2) is 35.7 Å². The molecule has 11 heavy (non-hydrogen) atoms. The zero-order valence-corrected chi connectivity index (χ0v) is 7.00. The van der Waals surface area contributed by atoms with Crippen LogP contribution >= 0.6 is 0 Å². The molecule has 1 heterocycles. The van der Waals surface area contributed by atoms with Gasteiger partial charge in [-0.15, -0.1) is 0 Å². The molecule has 1 aliphatic carbocycles. The molecule has 2 nitrogen and oxygen atoms in total. The molecule has 2 aliphatic rings. The summed E-state index contributed by atoms with van der Waals surface area (Å²) >= 11 is 0. The largest absolute Gasteiger partial charge is 0.396 e. The summed E-state index contributed by atoms with van der Waals surface area (Å²) in [6, 6.07) is 0.926. The van der Waals surface area contributed by atoms with Crippen LogP contribution < -0.4 is 0 Å². The van der Waals surface area contributed by atoms with E-state index in [-0.39, 0.29) is 0 Å². The van der Waals surface area contributed by atoms with Crippen LogP contribution in [0.3, 0.4) is 0 Å². The van der Waals surface area contributed by atoms with E-state index in [1.54, 1.807) is 0 Å². The van der Waals surface area contributed by atoms with E-state index in [1.807, 2.05) is 0 Å². The maximum Gasteiger partial charge on any atom is 0.0460 e. The van der Waals surface area contributed by atoms with Gasteiger partial charge < -0.3 is 10.0 Å². The Morgan fingerprint density at radius 2 is 1.73 bits per heavy atom.